The van der Waals surface area contributed by atoms with E-state index in [1.807, 2.05) is 12.1 Å². The van der Waals surface area contributed by atoms with E-state index >= 15 is 0 Å². The molecular formula is C14H13NO4S2. The third-order valence-corrected chi connectivity index (χ3v) is 4.50. The summed E-state index contributed by atoms with van der Waals surface area (Å²) in [7, 11) is 1.53. The van der Waals surface area contributed by atoms with E-state index in [-0.39, 0.29) is 5.91 Å². The zero-order valence-corrected chi connectivity index (χ0v) is 12.8. The van der Waals surface area contributed by atoms with Gasteiger partial charge in [-0.1, -0.05) is 0 Å². The second-order valence-corrected chi connectivity index (χ2v) is 6.09. The van der Waals surface area contributed by atoms with E-state index in [4.69, 9.17) is 9.84 Å². The van der Waals surface area contributed by atoms with Gasteiger partial charge in [-0.3, -0.25) is 4.79 Å². The minimum atomic E-state index is -0.983. The highest BCUT2D eigenvalue weighted by Crippen LogP contribution is 2.24. The summed E-state index contributed by atoms with van der Waals surface area (Å²) >= 11 is 2.76. The molecular weight excluding hydrogens is 310 g/mol. The van der Waals surface area contributed by atoms with Crippen LogP contribution in [0.5, 0.6) is 5.75 Å². The van der Waals surface area contributed by atoms with Crippen LogP contribution in [0.25, 0.3) is 6.08 Å². The number of carboxylic acid groups (broad SMARTS) is 1. The van der Waals surface area contributed by atoms with Crippen molar-refractivity contribution in [3.63, 3.8) is 0 Å². The zero-order valence-electron chi connectivity index (χ0n) is 11.2. The molecule has 7 heteroatoms. The van der Waals surface area contributed by atoms with Crippen molar-refractivity contribution in [2.75, 3.05) is 7.11 Å². The van der Waals surface area contributed by atoms with Crippen molar-refractivity contribution in [1.29, 1.82) is 0 Å². The van der Waals surface area contributed by atoms with Gasteiger partial charge in [-0.25, -0.2) is 4.79 Å². The third kappa shape index (κ3) is 4.17. The van der Waals surface area contributed by atoms with Crippen molar-refractivity contribution in [3.05, 3.63) is 44.3 Å². The van der Waals surface area contributed by atoms with Gasteiger partial charge in [-0.2, -0.15) is 0 Å². The molecule has 0 aliphatic heterocycles. The molecule has 0 aliphatic carbocycles. The Labute approximate surface area is 129 Å². The van der Waals surface area contributed by atoms with Gasteiger partial charge in [0.1, 0.15) is 10.6 Å². The van der Waals surface area contributed by atoms with Crippen molar-refractivity contribution in [2.24, 2.45) is 0 Å². The Morgan fingerprint density at radius 2 is 2.19 bits per heavy atom. The van der Waals surface area contributed by atoms with Gasteiger partial charge in [0.2, 0.25) is 0 Å². The summed E-state index contributed by atoms with van der Waals surface area (Å²) in [4.78, 5) is 24.8. The van der Waals surface area contributed by atoms with Crippen LogP contribution in [0, 0.1) is 0 Å². The number of carboxylic acids is 1. The number of hydrogen-bond acceptors (Lipinski definition) is 5. The van der Waals surface area contributed by atoms with E-state index in [0.29, 0.717) is 17.2 Å². The number of carbonyl (C=O) groups is 2. The van der Waals surface area contributed by atoms with Gasteiger partial charge in [0, 0.05) is 15.8 Å². The van der Waals surface area contributed by atoms with Gasteiger partial charge in [0.25, 0.3) is 5.91 Å². The lowest BCUT2D eigenvalue weighted by Gasteiger charge is -2.03. The van der Waals surface area contributed by atoms with E-state index in [9.17, 15) is 9.59 Å². The predicted octanol–water partition coefficient (Wildman–Crippen LogP) is 2.85. The molecule has 0 atom stereocenters. The Morgan fingerprint density at radius 1 is 1.38 bits per heavy atom. The number of nitrogens with one attached hydrogen (secondary N) is 1. The van der Waals surface area contributed by atoms with Crippen LogP contribution in [0.3, 0.4) is 0 Å². The number of thiophene rings is 2. The first-order chi connectivity index (χ1) is 10.1. The number of methoxy groups -OCH3 is 1. The molecule has 0 bridgehead atoms. The number of carbonyl (C=O) groups excluding carboxylic acids is 1. The van der Waals surface area contributed by atoms with Crippen molar-refractivity contribution in [2.45, 2.75) is 6.54 Å². The molecule has 2 N–H and O–H groups in total. The second-order valence-electron chi connectivity index (χ2n) is 3.98. The Balaban J connectivity index is 1.94. The largest absolute Gasteiger partial charge is 0.495 e. The van der Waals surface area contributed by atoms with Crippen LogP contribution in [0.1, 0.15) is 19.4 Å². The Kier molecular flexibility index (Phi) is 5.13. The van der Waals surface area contributed by atoms with Gasteiger partial charge in [-0.05, 0) is 29.7 Å². The molecule has 0 saturated carbocycles. The average Bonchev–Trinajstić information content (AvgIpc) is 3.11. The lowest BCUT2D eigenvalue weighted by molar-refractivity contribution is -0.131. The van der Waals surface area contributed by atoms with Crippen LogP contribution in [-0.2, 0) is 11.3 Å². The van der Waals surface area contributed by atoms with Crippen molar-refractivity contribution >= 4 is 40.6 Å². The first kappa shape index (κ1) is 15.3. The monoisotopic (exact) mass is 323 g/mol. The zero-order chi connectivity index (χ0) is 15.2. The summed E-state index contributed by atoms with van der Waals surface area (Å²) < 4.78 is 5.10. The fourth-order valence-corrected chi connectivity index (χ4v) is 3.23. The first-order valence-corrected chi connectivity index (χ1v) is 7.69. The van der Waals surface area contributed by atoms with Crippen LogP contribution in [0.4, 0.5) is 0 Å². The Morgan fingerprint density at radius 3 is 2.90 bits per heavy atom. The lowest BCUT2D eigenvalue weighted by Crippen LogP contribution is -2.21. The number of amides is 1. The molecule has 110 valence electrons. The highest BCUT2D eigenvalue weighted by atomic mass is 32.1. The van der Waals surface area contributed by atoms with E-state index in [2.05, 4.69) is 5.32 Å². The molecule has 0 aliphatic rings. The Hall–Kier alpha value is -2.12. The molecule has 21 heavy (non-hydrogen) atoms. The maximum Gasteiger partial charge on any atom is 0.328 e. The van der Waals surface area contributed by atoms with Gasteiger partial charge >= 0.3 is 5.97 Å². The summed E-state index contributed by atoms with van der Waals surface area (Å²) in [5.41, 5.74) is 0. The van der Waals surface area contributed by atoms with Gasteiger partial charge < -0.3 is 15.2 Å². The number of aliphatic carboxylic acids is 1. The fraction of sp³-hybridized carbons (Fsp3) is 0.143. The van der Waals surface area contributed by atoms with Crippen molar-refractivity contribution < 1.29 is 19.4 Å². The summed E-state index contributed by atoms with van der Waals surface area (Å²) in [6.07, 6.45) is 2.62. The van der Waals surface area contributed by atoms with E-state index < -0.39 is 5.97 Å². The molecule has 2 aromatic rings. The third-order valence-electron chi connectivity index (χ3n) is 2.55. The predicted molar refractivity (Wildman–Crippen MR) is 83.0 cm³/mol. The smallest absolute Gasteiger partial charge is 0.328 e. The van der Waals surface area contributed by atoms with Crippen LogP contribution in [0.2, 0.25) is 0 Å². The number of ether oxygens (including phenoxy) is 1. The van der Waals surface area contributed by atoms with Crippen LogP contribution < -0.4 is 10.1 Å². The quantitative estimate of drug-likeness (QED) is 0.802. The standard InChI is InChI=1S/C14H13NO4S2/c1-19-11-6-7-20-13(11)14(18)15-8-10-3-2-9(21-10)4-5-12(16)17/h2-7H,8H2,1H3,(H,15,18)(H,16,17)/b5-4+. The summed E-state index contributed by atoms with van der Waals surface area (Å²) in [6, 6.07) is 5.43. The molecule has 5 nitrogen and oxygen atoms in total. The first-order valence-electron chi connectivity index (χ1n) is 5.99. The van der Waals surface area contributed by atoms with Crippen LogP contribution >= 0.6 is 22.7 Å². The van der Waals surface area contributed by atoms with E-state index in [1.165, 1.54) is 35.9 Å². The summed E-state index contributed by atoms with van der Waals surface area (Å²) in [6.45, 7) is 0.394. The molecule has 2 rings (SSSR count). The van der Waals surface area contributed by atoms with E-state index in [0.717, 1.165) is 15.8 Å². The minimum Gasteiger partial charge on any atom is -0.495 e. The van der Waals surface area contributed by atoms with Crippen LogP contribution in [0.15, 0.2) is 29.7 Å². The minimum absolute atomic E-state index is 0.183. The highest BCUT2D eigenvalue weighted by Gasteiger charge is 2.13. The molecule has 0 aromatic carbocycles. The molecule has 0 spiro atoms. The molecule has 0 fully saturated rings. The normalized spacial score (nSPS) is 10.7. The fourth-order valence-electron chi connectivity index (χ4n) is 1.60. The van der Waals surface area contributed by atoms with Crippen molar-refractivity contribution in [1.82, 2.24) is 5.32 Å². The number of rotatable bonds is 6. The van der Waals surface area contributed by atoms with Gasteiger partial charge in [0.05, 0.1) is 13.7 Å². The molecule has 0 unspecified atom stereocenters. The molecule has 2 heterocycles. The molecule has 0 saturated heterocycles. The van der Waals surface area contributed by atoms with E-state index in [1.54, 1.807) is 11.4 Å². The topological polar surface area (TPSA) is 75.6 Å². The molecule has 2 aromatic heterocycles. The average molecular weight is 323 g/mol. The van der Waals surface area contributed by atoms with Crippen LogP contribution in [-0.4, -0.2) is 24.1 Å². The highest BCUT2D eigenvalue weighted by molar-refractivity contribution is 7.13. The van der Waals surface area contributed by atoms with Gasteiger partial charge in [-0.15, -0.1) is 22.7 Å². The maximum absolute atomic E-state index is 12.0. The molecule has 0 radical (unpaired) electrons. The van der Waals surface area contributed by atoms with Gasteiger partial charge in [0.15, 0.2) is 0 Å². The molecule has 1 amide bonds. The number of hydrogen-bond donors (Lipinski definition) is 2. The van der Waals surface area contributed by atoms with Crippen molar-refractivity contribution in [3.8, 4) is 5.75 Å². The summed E-state index contributed by atoms with van der Waals surface area (Å²) in [5, 5.41) is 13.2. The lowest BCUT2D eigenvalue weighted by atomic mass is 10.3. The second kappa shape index (κ2) is 7.05. The summed E-state index contributed by atoms with van der Waals surface area (Å²) in [5.74, 6) is -0.602. The Bertz CT molecular complexity index is 672. The SMILES string of the molecule is COc1ccsc1C(=O)NCc1ccc(/C=C/C(=O)O)s1. The maximum atomic E-state index is 12.0.